The zero-order chi connectivity index (χ0) is 15.1. The minimum Gasteiger partial charge on any atom is -0.493 e. The molecule has 0 heterocycles. The van der Waals surface area contributed by atoms with Crippen LogP contribution >= 0.6 is 0 Å². The van der Waals surface area contributed by atoms with Gasteiger partial charge in [0.05, 0.1) is 14.2 Å². The fraction of sp³-hybridized carbons (Fsp3) is 0.588. The smallest absolute Gasteiger partial charge is 0.220 e. The molecule has 1 aromatic carbocycles. The standard InChI is InChI=1S/C17H25NO3/c1-20-15-11-10-13(12-16(15)21-2)6-5-9-17(19)18-14-7-3-4-8-14/h10-12,14H,3-9H2,1-2H3,(H,18,19). The van der Waals surface area contributed by atoms with Crippen LogP contribution < -0.4 is 14.8 Å². The van der Waals surface area contributed by atoms with Gasteiger partial charge in [-0.3, -0.25) is 4.79 Å². The van der Waals surface area contributed by atoms with Gasteiger partial charge in [0, 0.05) is 12.5 Å². The van der Waals surface area contributed by atoms with Gasteiger partial charge in [0.25, 0.3) is 0 Å². The Kier molecular flexibility index (Phi) is 5.90. The highest BCUT2D eigenvalue weighted by atomic mass is 16.5. The molecule has 0 spiro atoms. The maximum Gasteiger partial charge on any atom is 0.220 e. The lowest BCUT2D eigenvalue weighted by Crippen LogP contribution is -2.32. The average molecular weight is 291 g/mol. The number of benzene rings is 1. The molecule has 1 N–H and O–H groups in total. The summed E-state index contributed by atoms with van der Waals surface area (Å²) in [5, 5.41) is 3.12. The van der Waals surface area contributed by atoms with Crippen LogP contribution in [0.25, 0.3) is 0 Å². The minimum atomic E-state index is 0.183. The first-order valence-electron chi connectivity index (χ1n) is 7.73. The second-order valence-corrected chi connectivity index (χ2v) is 5.59. The monoisotopic (exact) mass is 291 g/mol. The van der Waals surface area contributed by atoms with Gasteiger partial charge in [-0.15, -0.1) is 0 Å². The average Bonchev–Trinajstić information content (AvgIpc) is 2.99. The summed E-state index contributed by atoms with van der Waals surface area (Å²) in [5.74, 6) is 1.66. The Hall–Kier alpha value is -1.71. The summed E-state index contributed by atoms with van der Waals surface area (Å²) in [7, 11) is 3.27. The lowest BCUT2D eigenvalue weighted by atomic mass is 10.1. The second kappa shape index (κ2) is 7.91. The zero-order valence-corrected chi connectivity index (χ0v) is 13.0. The lowest BCUT2D eigenvalue weighted by molar-refractivity contribution is -0.121. The van der Waals surface area contributed by atoms with Gasteiger partial charge in [0.2, 0.25) is 5.91 Å². The number of aryl methyl sites for hydroxylation is 1. The minimum absolute atomic E-state index is 0.183. The van der Waals surface area contributed by atoms with Crippen LogP contribution in [-0.4, -0.2) is 26.2 Å². The molecule has 4 heteroatoms. The normalized spacial score (nSPS) is 15.0. The first-order valence-corrected chi connectivity index (χ1v) is 7.73. The molecule has 1 aliphatic rings. The van der Waals surface area contributed by atoms with Crippen molar-refractivity contribution in [2.24, 2.45) is 0 Å². The predicted molar refractivity (Wildman–Crippen MR) is 82.9 cm³/mol. The van der Waals surface area contributed by atoms with Gasteiger partial charge in [0.1, 0.15) is 0 Å². The Labute approximate surface area is 126 Å². The molecule has 1 saturated carbocycles. The number of amides is 1. The van der Waals surface area contributed by atoms with Crippen LogP contribution in [0.5, 0.6) is 11.5 Å². The van der Waals surface area contributed by atoms with E-state index in [2.05, 4.69) is 5.32 Å². The molecule has 116 valence electrons. The molecular formula is C17H25NO3. The molecule has 21 heavy (non-hydrogen) atoms. The predicted octanol–water partition coefficient (Wildman–Crippen LogP) is 3.09. The highest BCUT2D eigenvalue weighted by Gasteiger charge is 2.16. The van der Waals surface area contributed by atoms with Crippen molar-refractivity contribution >= 4 is 5.91 Å². The molecule has 0 bridgehead atoms. The Bertz CT molecular complexity index is 467. The number of rotatable bonds is 7. The van der Waals surface area contributed by atoms with Crippen molar-refractivity contribution in [3.8, 4) is 11.5 Å². The van der Waals surface area contributed by atoms with Gasteiger partial charge in [-0.1, -0.05) is 18.9 Å². The third-order valence-corrected chi connectivity index (χ3v) is 4.04. The lowest BCUT2D eigenvalue weighted by Gasteiger charge is -2.12. The third kappa shape index (κ3) is 4.66. The molecule has 0 unspecified atom stereocenters. The first kappa shape index (κ1) is 15.7. The van der Waals surface area contributed by atoms with Crippen LogP contribution in [0.1, 0.15) is 44.1 Å². The Morgan fingerprint density at radius 2 is 1.90 bits per heavy atom. The summed E-state index contributed by atoms with van der Waals surface area (Å²) in [4.78, 5) is 11.9. The number of carbonyl (C=O) groups is 1. The van der Waals surface area contributed by atoms with Crippen molar-refractivity contribution in [2.45, 2.75) is 51.0 Å². The topological polar surface area (TPSA) is 47.6 Å². The SMILES string of the molecule is COc1ccc(CCCC(=O)NC2CCCC2)cc1OC. The van der Waals surface area contributed by atoms with E-state index in [1.807, 2.05) is 18.2 Å². The maximum atomic E-state index is 11.9. The van der Waals surface area contributed by atoms with Gasteiger partial charge < -0.3 is 14.8 Å². The number of carbonyl (C=O) groups excluding carboxylic acids is 1. The second-order valence-electron chi connectivity index (χ2n) is 5.59. The van der Waals surface area contributed by atoms with Gasteiger partial charge >= 0.3 is 0 Å². The Balaban J connectivity index is 1.76. The van der Waals surface area contributed by atoms with Crippen molar-refractivity contribution in [3.05, 3.63) is 23.8 Å². The molecule has 2 rings (SSSR count). The zero-order valence-electron chi connectivity index (χ0n) is 13.0. The van der Waals surface area contributed by atoms with Crippen molar-refractivity contribution in [1.82, 2.24) is 5.32 Å². The third-order valence-electron chi connectivity index (χ3n) is 4.04. The highest BCUT2D eigenvalue weighted by molar-refractivity contribution is 5.76. The number of hydrogen-bond donors (Lipinski definition) is 1. The first-order chi connectivity index (χ1) is 10.2. The van der Waals surface area contributed by atoms with Crippen molar-refractivity contribution in [3.63, 3.8) is 0 Å². The van der Waals surface area contributed by atoms with E-state index in [0.717, 1.165) is 37.2 Å². The van der Waals surface area contributed by atoms with Crippen molar-refractivity contribution < 1.29 is 14.3 Å². The Morgan fingerprint density at radius 3 is 2.57 bits per heavy atom. The summed E-state index contributed by atoms with van der Waals surface area (Å²) >= 11 is 0. The number of ether oxygens (including phenoxy) is 2. The summed E-state index contributed by atoms with van der Waals surface area (Å²) in [6.45, 7) is 0. The molecule has 1 amide bonds. The largest absolute Gasteiger partial charge is 0.493 e. The van der Waals surface area contributed by atoms with Gasteiger partial charge in [-0.25, -0.2) is 0 Å². The van der Waals surface area contributed by atoms with E-state index in [0.29, 0.717) is 12.5 Å². The van der Waals surface area contributed by atoms with E-state index in [9.17, 15) is 4.79 Å². The van der Waals surface area contributed by atoms with E-state index >= 15 is 0 Å². The molecule has 0 saturated heterocycles. The van der Waals surface area contributed by atoms with Crippen LogP contribution in [0.2, 0.25) is 0 Å². The fourth-order valence-corrected chi connectivity index (χ4v) is 2.86. The molecule has 0 atom stereocenters. The van der Waals surface area contributed by atoms with Crippen LogP contribution in [0.3, 0.4) is 0 Å². The van der Waals surface area contributed by atoms with Gasteiger partial charge in [-0.05, 0) is 43.4 Å². The molecule has 0 radical (unpaired) electrons. The summed E-state index contributed by atoms with van der Waals surface area (Å²) in [5.41, 5.74) is 1.17. The molecule has 1 fully saturated rings. The number of hydrogen-bond acceptors (Lipinski definition) is 3. The van der Waals surface area contributed by atoms with Crippen molar-refractivity contribution in [2.75, 3.05) is 14.2 Å². The van der Waals surface area contributed by atoms with Gasteiger partial charge in [0.15, 0.2) is 11.5 Å². The molecule has 0 aliphatic heterocycles. The summed E-state index contributed by atoms with van der Waals surface area (Å²) < 4.78 is 10.5. The molecule has 0 aromatic heterocycles. The Morgan fingerprint density at radius 1 is 1.19 bits per heavy atom. The van der Waals surface area contributed by atoms with E-state index in [1.54, 1.807) is 14.2 Å². The summed E-state index contributed by atoms with van der Waals surface area (Å²) in [6.07, 6.45) is 7.09. The highest BCUT2D eigenvalue weighted by Crippen LogP contribution is 2.28. The van der Waals surface area contributed by atoms with E-state index in [-0.39, 0.29) is 5.91 Å². The van der Waals surface area contributed by atoms with E-state index in [1.165, 1.54) is 18.4 Å². The van der Waals surface area contributed by atoms with Gasteiger partial charge in [-0.2, -0.15) is 0 Å². The maximum absolute atomic E-state index is 11.9. The number of nitrogens with one attached hydrogen (secondary N) is 1. The van der Waals surface area contributed by atoms with E-state index < -0.39 is 0 Å². The number of methoxy groups -OCH3 is 2. The molecule has 4 nitrogen and oxygen atoms in total. The van der Waals surface area contributed by atoms with Crippen molar-refractivity contribution in [1.29, 1.82) is 0 Å². The fourth-order valence-electron chi connectivity index (χ4n) is 2.86. The quantitative estimate of drug-likeness (QED) is 0.840. The van der Waals surface area contributed by atoms with Crippen LogP contribution in [0.15, 0.2) is 18.2 Å². The molecule has 1 aliphatic carbocycles. The van der Waals surface area contributed by atoms with Crippen LogP contribution in [0.4, 0.5) is 0 Å². The van der Waals surface area contributed by atoms with E-state index in [4.69, 9.17) is 9.47 Å². The molecular weight excluding hydrogens is 266 g/mol. The summed E-state index contributed by atoms with van der Waals surface area (Å²) in [6, 6.07) is 6.33. The molecule has 1 aromatic rings. The van der Waals surface area contributed by atoms with Crippen LogP contribution in [0, 0.1) is 0 Å². The van der Waals surface area contributed by atoms with Crippen LogP contribution in [-0.2, 0) is 11.2 Å².